The van der Waals surface area contributed by atoms with E-state index in [-0.39, 0.29) is 10.9 Å². The molecule has 17 heavy (non-hydrogen) atoms. The summed E-state index contributed by atoms with van der Waals surface area (Å²) in [6.07, 6.45) is 3.39. The number of carbonyl (C=O) groups is 1. The Hall–Kier alpha value is -1.82. The van der Waals surface area contributed by atoms with Gasteiger partial charge in [-0.05, 0) is 26.0 Å². The number of thiophene rings is 1. The molecule has 2 heterocycles. The second-order valence-electron chi connectivity index (χ2n) is 3.78. The normalized spacial score (nSPS) is 10.8. The Balaban J connectivity index is 2.11. The van der Waals surface area contributed by atoms with E-state index in [1.54, 1.807) is 23.1 Å². The number of ether oxygens (including phenoxy) is 1. The third-order valence-corrected chi connectivity index (χ3v) is 3.07. The highest BCUT2D eigenvalue weighted by Gasteiger charge is 2.09. The summed E-state index contributed by atoms with van der Waals surface area (Å²) in [6, 6.07) is 3.43. The van der Waals surface area contributed by atoms with Crippen LogP contribution in [-0.4, -0.2) is 20.9 Å². The van der Waals surface area contributed by atoms with Gasteiger partial charge in [-0.1, -0.05) is 11.3 Å². The summed E-state index contributed by atoms with van der Waals surface area (Å²) >= 11 is 1.09. The molecular weight excluding hydrogens is 240 g/mol. The highest BCUT2D eigenvalue weighted by atomic mass is 32.1. The molecule has 0 aliphatic rings. The van der Waals surface area contributed by atoms with Crippen molar-refractivity contribution in [2.75, 3.05) is 0 Å². The Kier molecular flexibility index (Phi) is 3.14. The molecule has 2 aromatic heterocycles. The van der Waals surface area contributed by atoms with E-state index in [0.29, 0.717) is 10.8 Å². The first-order chi connectivity index (χ1) is 8.06. The van der Waals surface area contributed by atoms with Crippen molar-refractivity contribution in [3.63, 3.8) is 0 Å². The van der Waals surface area contributed by atoms with Gasteiger partial charge < -0.3 is 9.84 Å². The maximum Gasteiger partial charge on any atom is 0.345 e. The van der Waals surface area contributed by atoms with Crippen LogP contribution in [0.25, 0.3) is 0 Å². The van der Waals surface area contributed by atoms with Crippen LogP contribution in [-0.2, 0) is 0 Å². The van der Waals surface area contributed by atoms with Crippen molar-refractivity contribution < 1.29 is 14.6 Å². The molecule has 0 spiro atoms. The highest BCUT2D eigenvalue weighted by Crippen LogP contribution is 2.29. The van der Waals surface area contributed by atoms with Crippen LogP contribution >= 0.6 is 11.3 Å². The zero-order valence-corrected chi connectivity index (χ0v) is 10.3. The van der Waals surface area contributed by atoms with Gasteiger partial charge in [0.1, 0.15) is 4.88 Å². The third-order valence-electron chi connectivity index (χ3n) is 2.12. The Morgan fingerprint density at radius 1 is 1.53 bits per heavy atom. The number of carboxylic acids is 1. The van der Waals surface area contributed by atoms with Gasteiger partial charge in [0.05, 0.1) is 12.4 Å². The zero-order valence-electron chi connectivity index (χ0n) is 9.45. The van der Waals surface area contributed by atoms with Gasteiger partial charge in [0.15, 0.2) is 10.8 Å². The molecule has 0 radical (unpaired) electrons. The van der Waals surface area contributed by atoms with Crippen LogP contribution in [0.4, 0.5) is 0 Å². The Morgan fingerprint density at radius 2 is 2.29 bits per heavy atom. The molecule has 5 nitrogen and oxygen atoms in total. The number of aromatic nitrogens is 2. The summed E-state index contributed by atoms with van der Waals surface area (Å²) in [5.74, 6) is -0.333. The van der Waals surface area contributed by atoms with Gasteiger partial charge in [-0.3, -0.25) is 4.68 Å². The quantitative estimate of drug-likeness (QED) is 0.908. The lowest BCUT2D eigenvalue weighted by molar-refractivity contribution is 0.0702. The van der Waals surface area contributed by atoms with Crippen LogP contribution in [0.5, 0.6) is 10.8 Å². The number of carboxylic acid groups (broad SMARTS) is 1. The van der Waals surface area contributed by atoms with Gasteiger partial charge in [0.25, 0.3) is 0 Å². The summed E-state index contributed by atoms with van der Waals surface area (Å²) < 4.78 is 7.29. The van der Waals surface area contributed by atoms with E-state index >= 15 is 0 Å². The minimum atomic E-state index is -0.942. The topological polar surface area (TPSA) is 64.3 Å². The number of aromatic carboxylic acids is 1. The van der Waals surface area contributed by atoms with Crippen LogP contribution in [0, 0.1) is 0 Å². The molecule has 0 aromatic carbocycles. The van der Waals surface area contributed by atoms with Crippen molar-refractivity contribution >= 4 is 17.3 Å². The number of hydrogen-bond acceptors (Lipinski definition) is 4. The first-order valence-electron chi connectivity index (χ1n) is 5.11. The van der Waals surface area contributed by atoms with Crippen molar-refractivity contribution in [1.29, 1.82) is 0 Å². The van der Waals surface area contributed by atoms with E-state index in [1.165, 1.54) is 6.07 Å². The molecule has 0 unspecified atom stereocenters. The second kappa shape index (κ2) is 4.58. The van der Waals surface area contributed by atoms with Gasteiger partial charge in [0.2, 0.25) is 0 Å². The molecule has 2 aromatic rings. The summed E-state index contributed by atoms with van der Waals surface area (Å²) in [4.78, 5) is 11.0. The van der Waals surface area contributed by atoms with Gasteiger partial charge in [-0.2, -0.15) is 5.10 Å². The summed E-state index contributed by atoms with van der Waals surface area (Å²) in [5, 5.41) is 13.5. The zero-order chi connectivity index (χ0) is 12.4. The first kappa shape index (κ1) is 11.7. The van der Waals surface area contributed by atoms with Crippen molar-refractivity contribution in [3.05, 3.63) is 29.4 Å². The molecule has 0 saturated heterocycles. The molecule has 0 fully saturated rings. The Morgan fingerprint density at radius 3 is 2.82 bits per heavy atom. The average molecular weight is 252 g/mol. The van der Waals surface area contributed by atoms with Crippen LogP contribution < -0.4 is 4.74 Å². The fourth-order valence-corrected chi connectivity index (χ4v) is 1.98. The van der Waals surface area contributed by atoms with E-state index in [4.69, 9.17) is 9.84 Å². The fraction of sp³-hybridized carbons (Fsp3) is 0.273. The van der Waals surface area contributed by atoms with Gasteiger partial charge in [-0.15, -0.1) is 0 Å². The highest BCUT2D eigenvalue weighted by molar-refractivity contribution is 7.15. The molecule has 0 amide bonds. The van der Waals surface area contributed by atoms with Crippen molar-refractivity contribution in [3.8, 4) is 10.8 Å². The van der Waals surface area contributed by atoms with Gasteiger partial charge in [-0.25, -0.2) is 4.79 Å². The minimum Gasteiger partial charge on any atom is -0.477 e. The smallest absolute Gasteiger partial charge is 0.345 e. The van der Waals surface area contributed by atoms with Crippen LogP contribution in [0.15, 0.2) is 24.5 Å². The molecular formula is C11H12N2O3S. The van der Waals surface area contributed by atoms with E-state index in [9.17, 15) is 4.79 Å². The lowest BCUT2D eigenvalue weighted by Crippen LogP contribution is -1.99. The molecule has 1 N–H and O–H groups in total. The molecule has 90 valence electrons. The molecule has 0 bridgehead atoms. The van der Waals surface area contributed by atoms with E-state index in [2.05, 4.69) is 5.10 Å². The summed E-state index contributed by atoms with van der Waals surface area (Å²) in [6.45, 7) is 4.04. The predicted molar refractivity (Wildman–Crippen MR) is 64.0 cm³/mol. The van der Waals surface area contributed by atoms with E-state index in [1.807, 2.05) is 13.8 Å². The first-order valence-corrected chi connectivity index (χ1v) is 5.93. The molecule has 0 aliphatic heterocycles. The average Bonchev–Trinajstić information content (AvgIpc) is 2.87. The summed E-state index contributed by atoms with van der Waals surface area (Å²) in [5.41, 5.74) is 0. The van der Waals surface area contributed by atoms with E-state index < -0.39 is 5.97 Å². The van der Waals surface area contributed by atoms with Crippen molar-refractivity contribution in [2.24, 2.45) is 0 Å². The van der Waals surface area contributed by atoms with Gasteiger partial charge >= 0.3 is 5.97 Å². The molecule has 0 saturated carbocycles. The number of hydrogen-bond donors (Lipinski definition) is 1. The molecule has 0 aliphatic carbocycles. The monoisotopic (exact) mass is 252 g/mol. The van der Waals surface area contributed by atoms with Crippen molar-refractivity contribution in [2.45, 2.75) is 19.9 Å². The maximum absolute atomic E-state index is 10.7. The lowest BCUT2D eigenvalue weighted by Gasteiger charge is -2.02. The van der Waals surface area contributed by atoms with Crippen molar-refractivity contribution in [1.82, 2.24) is 9.78 Å². The molecule has 2 rings (SSSR count). The third kappa shape index (κ3) is 2.65. The van der Waals surface area contributed by atoms with E-state index in [0.717, 1.165) is 11.3 Å². The minimum absolute atomic E-state index is 0.260. The van der Waals surface area contributed by atoms with Gasteiger partial charge in [0, 0.05) is 6.04 Å². The van der Waals surface area contributed by atoms with Crippen LogP contribution in [0.1, 0.15) is 29.6 Å². The standard InChI is InChI=1S/C11H12N2O3S/c1-7(2)13-6-8(5-12-13)16-10-4-3-9(17-10)11(14)15/h3-7H,1-2H3,(H,14,15). The molecule has 0 atom stereocenters. The Labute approximate surface area is 102 Å². The van der Waals surface area contributed by atoms with Crippen LogP contribution in [0.3, 0.4) is 0 Å². The second-order valence-corrected chi connectivity index (χ2v) is 4.82. The lowest BCUT2D eigenvalue weighted by atomic mass is 10.4. The van der Waals surface area contributed by atoms with Crippen LogP contribution in [0.2, 0.25) is 0 Å². The largest absolute Gasteiger partial charge is 0.477 e. The number of rotatable bonds is 4. The predicted octanol–water partition coefficient (Wildman–Crippen LogP) is 3.02. The fourth-order valence-electron chi connectivity index (χ4n) is 1.26. The Bertz CT molecular complexity index is 530. The summed E-state index contributed by atoms with van der Waals surface area (Å²) in [7, 11) is 0. The maximum atomic E-state index is 10.7. The number of nitrogens with zero attached hydrogens (tertiary/aromatic N) is 2. The molecule has 6 heteroatoms. The SMILES string of the molecule is CC(C)n1cc(Oc2ccc(C(=O)O)s2)cn1.